The molecule has 0 saturated heterocycles. The van der Waals surface area contributed by atoms with Gasteiger partial charge in [0.2, 0.25) is 0 Å². The molecule has 1 aliphatic rings. The molecule has 0 radical (unpaired) electrons. The van der Waals surface area contributed by atoms with Crippen LogP contribution in [0.3, 0.4) is 0 Å². The Morgan fingerprint density at radius 3 is 2.92 bits per heavy atom. The Bertz CT molecular complexity index is 347. The van der Waals surface area contributed by atoms with Crippen molar-refractivity contribution in [3.63, 3.8) is 0 Å². The predicted molar refractivity (Wildman–Crippen MR) is 49.4 cm³/mol. The lowest BCUT2D eigenvalue weighted by molar-refractivity contribution is 0.0994. The summed E-state index contributed by atoms with van der Waals surface area (Å²) in [5, 5.41) is 0. The van der Waals surface area contributed by atoms with E-state index in [4.69, 9.17) is 5.73 Å². The van der Waals surface area contributed by atoms with E-state index in [0.717, 1.165) is 24.8 Å². The van der Waals surface area contributed by atoms with Crippen molar-refractivity contribution in [1.82, 2.24) is 4.98 Å². The summed E-state index contributed by atoms with van der Waals surface area (Å²) in [4.78, 5) is 15.0. The quantitative estimate of drug-likeness (QED) is 0.695. The molecule has 0 aliphatic heterocycles. The number of primary amides is 1. The first-order valence-corrected chi connectivity index (χ1v) is 4.55. The number of hydrogen-bond donors (Lipinski definition) is 1. The number of nitrogens with zero attached hydrogens (tertiary/aromatic N) is 1. The van der Waals surface area contributed by atoms with Gasteiger partial charge in [-0.15, -0.1) is 0 Å². The van der Waals surface area contributed by atoms with Crippen molar-refractivity contribution in [1.29, 1.82) is 0 Å². The summed E-state index contributed by atoms with van der Waals surface area (Å²) < 4.78 is 0. The van der Waals surface area contributed by atoms with Gasteiger partial charge in [-0.1, -0.05) is 0 Å². The lowest BCUT2D eigenvalue weighted by Gasteiger charge is -2.16. The fourth-order valence-electron chi connectivity index (χ4n) is 1.88. The summed E-state index contributed by atoms with van der Waals surface area (Å²) in [6, 6.07) is 1.99. The lowest BCUT2D eigenvalue weighted by atomic mass is 9.91. The summed E-state index contributed by atoms with van der Waals surface area (Å²) in [6.07, 6.45) is 6.01. The molecule has 68 valence electrons. The van der Waals surface area contributed by atoms with Gasteiger partial charge in [-0.25, -0.2) is 0 Å². The Kier molecular flexibility index (Phi) is 2.00. The second-order valence-electron chi connectivity index (χ2n) is 3.37. The van der Waals surface area contributed by atoms with Gasteiger partial charge in [-0.2, -0.15) is 0 Å². The molecule has 0 spiro atoms. The normalized spacial score (nSPS) is 15.1. The molecule has 1 amide bonds. The predicted octanol–water partition coefficient (Wildman–Crippen LogP) is 1.06. The van der Waals surface area contributed by atoms with Gasteiger partial charge in [0.25, 0.3) is 5.91 Å². The van der Waals surface area contributed by atoms with E-state index < -0.39 is 5.91 Å². The van der Waals surface area contributed by atoms with Crippen molar-refractivity contribution in [2.24, 2.45) is 5.73 Å². The molecule has 0 aromatic carbocycles. The molecule has 13 heavy (non-hydrogen) atoms. The van der Waals surface area contributed by atoms with Gasteiger partial charge >= 0.3 is 0 Å². The van der Waals surface area contributed by atoms with Gasteiger partial charge in [0.15, 0.2) is 0 Å². The second-order valence-corrected chi connectivity index (χ2v) is 3.37. The van der Waals surface area contributed by atoms with E-state index in [0.29, 0.717) is 5.69 Å². The van der Waals surface area contributed by atoms with Crippen LogP contribution in [0.15, 0.2) is 12.3 Å². The number of carbonyl (C=O) groups excluding carboxylic acids is 1. The standard InChI is InChI=1S/C10H12N2O/c11-10(13)9-8-4-2-1-3-7(8)5-6-12-9/h5-6H,1-4H2,(H2,11,13). The minimum absolute atomic E-state index is 0.404. The molecule has 0 atom stereocenters. The van der Waals surface area contributed by atoms with Crippen molar-refractivity contribution in [3.05, 3.63) is 29.1 Å². The smallest absolute Gasteiger partial charge is 0.267 e. The number of carbonyl (C=O) groups is 1. The first-order chi connectivity index (χ1) is 6.29. The Balaban J connectivity index is 2.52. The minimum Gasteiger partial charge on any atom is -0.364 e. The van der Waals surface area contributed by atoms with Crippen LogP contribution in [0.5, 0.6) is 0 Å². The van der Waals surface area contributed by atoms with Crippen molar-refractivity contribution >= 4 is 5.91 Å². The van der Waals surface area contributed by atoms with Crippen molar-refractivity contribution in [2.45, 2.75) is 25.7 Å². The van der Waals surface area contributed by atoms with E-state index in [9.17, 15) is 4.79 Å². The van der Waals surface area contributed by atoms with Crippen LogP contribution < -0.4 is 5.73 Å². The monoisotopic (exact) mass is 176 g/mol. The van der Waals surface area contributed by atoms with Gasteiger partial charge in [-0.05, 0) is 42.9 Å². The molecule has 0 saturated carbocycles. The van der Waals surface area contributed by atoms with E-state index in [2.05, 4.69) is 4.98 Å². The van der Waals surface area contributed by atoms with E-state index in [1.54, 1.807) is 6.20 Å². The third-order valence-electron chi connectivity index (χ3n) is 2.51. The highest BCUT2D eigenvalue weighted by Gasteiger charge is 2.16. The number of pyridine rings is 1. The third kappa shape index (κ3) is 1.41. The van der Waals surface area contributed by atoms with Gasteiger partial charge in [0.1, 0.15) is 5.69 Å². The van der Waals surface area contributed by atoms with Crippen LogP contribution >= 0.6 is 0 Å². The minimum atomic E-state index is -0.404. The summed E-state index contributed by atoms with van der Waals surface area (Å²) in [5.74, 6) is -0.404. The van der Waals surface area contributed by atoms with Crippen LogP contribution in [0.1, 0.15) is 34.5 Å². The van der Waals surface area contributed by atoms with E-state index in [1.807, 2.05) is 6.07 Å². The number of amides is 1. The third-order valence-corrected chi connectivity index (χ3v) is 2.51. The number of rotatable bonds is 1. The fourth-order valence-corrected chi connectivity index (χ4v) is 1.88. The number of nitrogens with two attached hydrogens (primary N) is 1. The van der Waals surface area contributed by atoms with E-state index in [-0.39, 0.29) is 0 Å². The summed E-state index contributed by atoms with van der Waals surface area (Å²) in [6.45, 7) is 0. The van der Waals surface area contributed by atoms with Crippen LogP contribution in [0.25, 0.3) is 0 Å². The first-order valence-electron chi connectivity index (χ1n) is 4.55. The van der Waals surface area contributed by atoms with Crippen molar-refractivity contribution < 1.29 is 4.79 Å². The molecule has 1 aromatic rings. The molecule has 1 aliphatic carbocycles. The number of aryl methyl sites for hydroxylation is 1. The molecule has 0 fully saturated rings. The van der Waals surface area contributed by atoms with Crippen LogP contribution in [-0.2, 0) is 12.8 Å². The highest BCUT2D eigenvalue weighted by atomic mass is 16.1. The van der Waals surface area contributed by atoms with Gasteiger partial charge in [0.05, 0.1) is 0 Å². The lowest BCUT2D eigenvalue weighted by Crippen LogP contribution is -2.18. The van der Waals surface area contributed by atoms with E-state index in [1.165, 1.54) is 12.0 Å². The molecule has 1 aromatic heterocycles. The van der Waals surface area contributed by atoms with Crippen LogP contribution in [0, 0.1) is 0 Å². The second kappa shape index (κ2) is 3.17. The number of aromatic nitrogens is 1. The Morgan fingerprint density at radius 1 is 1.38 bits per heavy atom. The summed E-state index contributed by atoms with van der Waals surface area (Å²) in [7, 11) is 0. The van der Waals surface area contributed by atoms with Crippen molar-refractivity contribution in [3.8, 4) is 0 Å². The Morgan fingerprint density at radius 2 is 2.15 bits per heavy atom. The highest BCUT2D eigenvalue weighted by molar-refractivity contribution is 5.92. The zero-order chi connectivity index (χ0) is 9.26. The maximum Gasteiger partial charge on any atom is 0.267 e. The Labute approximate surface area is 77.0 Å². The van der Waals surface area contributed by atoms with Crippen LogP contribution in [-0.4, -0.2) is 10.9 Å². The summed E-state index contributed by atoms with van der Waals surface area (Å²) >= 11 is 0. The molecule has 0 bridgehead atoms. The van der Waals surface area contributed by atoms with Gasteiger partial charge in [0, 0.05) is 6.20 Å². The largest absolute Gasteiger partial charge is 0.364 e. The first kappa shape index (κ1) is 8.23. The molecule has 2 N–H and O–H groups in total. The maximum absolute atomic E-state index is 11.0. The fraction of sp³-hybridized carbons (Fsp3) is 0.400. The Hall–Kier alpha value is -1.38. The average molecular weight is 176 g/mol. The molecule has 3 heteroatoms. The van der Waals surface area contributed by atoms with Crippen LogP contribution in [0.4, 0.5) is 0 Å². The van der Waals surface area contributed by atoms with Gasteiger partial charge < -0.3 is 5.73 Å². The molecule has 2 rings (SSSR count). The molecule has 3 nitrogen and oxygen atoms in total. The number of hydrogen-bond acceptors (Lipinski definition) is 2. The zero-order valence-electron chi connectivity index (χ0n) is 7.42. The zero-order valence-corrected chi connectivity index (χ0v) is 7.42. The highest BCUT2D eigenvalue weighted by Crippen LogP contribution is 2.22. The molecule has 0 unspecified atom stereocenters. The maximum atomic E-state index is 11.0. The number of fused-ring (bicyclic) bond motifs is 1. The average Bonchev–Trinajstić information content (AvgIpc) is 2.17. The molecular formula is C10H12N2O. The van der Waals surface area contributed by atoms with E-state index >= 15 is 0 Å². The van der Waals surface area contributed by atoms with Gasteiger partial charge in [-0.3, -0.25) is 9.78 Å². The van der Waals surface area contributed by atoms with Crippen molar-refractivity contribution in [2.75, 3.05) is 0 Å². The van der Waals surface area contributed by atoms with Crippen LogP contribution in [0.2, 0.25) is 0 Å². The SMILES string of the molecule is NC(=O)c1nccc2c1CCCC2. The summed E-state index contributed by atoms with van der Waals surface area (Å²) in [5.41, 5.74) is 8.02. The molecular weight excluding hydrogens is 164 g/mol. The topological polar surface area (TPSA) is 56.0 Å². The molecule has 1 heterocycles.